The van der Waals surface area contributed by atoms with Crippen LogP contribution in [0.4, 0.5) is 5.95 Å². The second kappa shape index (κ2) is 5.36. The first kappa shape index (κ1) is 12.1. The summed E-state index contributed by atoms with van der Waals surface area (Å²) in [4.78, 5) is 0. The molecule has 0 unspecified atom stereocenters. The third-order valence-corrected chi connectivity index (χ3v) is 3.26. The highest BCUT2D eigenvalue weighted by Crippen LogP contribution is 2.15. The molecule has 0 spiro atoms. The van der Waals surface area contributed by atoms with Crippen LogP contribution in [-0.4, -0.2) is 39.5 Å². The van der Waals surface area contributed by atoms with E-state index in [9.17, 15) is 0 Å². The van der Waals surface area contributed by atoms with Gasteiger partial charge in [0.15, 0.2) is 0 Å². The lowest BCUT2D eigenvalue weighted by atomic mass is 10.2. The maximum absolute atomic E-state index is 5.57. The Morgan fingerprint density at radius 2 is 2.21 bits per heavy atom. The van der Waals surface area contributed by atoms with Gasteiger partial charge >= 0.3 is 0 Å². The summed E-state index contributed by atoms with van der Waals surface area (Å²) in [5, 5.41) is 15.0. The number of hydrogen-bond donors (Lipinski definition) is 1. The Labute approximate surface area is 111 Å². The SMILES string of the molecule is Cc1ccc(-n2nnnc2NC[C@@H]2CCCO2)cc1. The number of aromatic nitrogens is 4. The van der Waals surface area contributed by atoms with Gasteiger partial charge in [-0.25, -0.2) is 0 Å². The van der Waals surface area contributed by atoms with Gasteiger partial charge in [0.25, 0.3) is 0 Å². The van der Waals surface area contributed by atoms with Crippen molar-refractivity contribution < 1.29 is 4.74 Å². The van der Waals surface area contributed by atoms with E-state index in [1.807, 2.05) is 24.3 Å². The van der Waals surface area contributed by atoms with Gasteiger partial charge in [0.05, 0.1) is 11.8 Å². The quantitative estimate of drug-likeness (QED) is 0.902. The summed E-state index contributed by atoms with van der Waals surface area (Å²) >= 11 is 0. The average Bonchev–Trinajstić information content (AvgIpc) is 3.08. The molecule has 1 N–H and O–H groups in total. The van der Waals surface area contributed by atoms with Crippen LogP contribution in [0.5, 0.6) is 0 Å². The molecule has 1 fully saturated rings. The van der Waals surface area contributed by atoms with Crippen LogP contribution in [0, 0.1) is 6.92 Å². The number of nitrogens with zero attached hydrogens (tertiary/aromatic N) is 4. The second-order valence-corrected chi connectivity index (χ2v) is 4.77. The highest BCUT2D eigenvalue weighted by Gasteiger charge is 2.16. The Kier molecular flexibility index (Phi) is 3.41. The molecule has 2 heterocycles. The molecule has 0 amide bonds. The molecule has 1 atom stereocenters. The van der Waals surface area contributed by atoms with E-state index in [2.05, 4.69) is 27.8 Å². The van der Waals surface area contributed by atoms with Gasteiger partial charge in [-0.05, 0) is 42.3 Å². The van der Waals surface area contributed by atoms with Crippen molar-refractivity contribution in [3.8, 4) is 5.69 Å². The molecule has 3 rings (SSSR count). The number of rotatable bonds is 4. The zero-order valence-electron chi connectivity index (χ0n) is 10.9. The topological polar surface area (TPSA) is 64.9 Å². The van der Waals surface area contributed by atoms with Crippen molar-refractivity contribution in [2.45, 2.75) is 25.9 Å². The molecule has 0 radical (unpaired) electrons. The fourth-order valence-electron chi connectivity index (χ4n) is 2.17. The Morgan fingerprint density at radius 1 is 1.37 bits per heavy atom. The number of nitrogens with one attached hydrogen (secondary N) is 1. The normalized spacial score (nSPS) is 18.7. The molecule has 1 aromatic carbocycles. The van der Waals surface area contributed by atoms with E-state index < -0.39 is 0 Å². The van der Waals surface area contributed by atoms with Gasteiger partial charge in [-0.15, -0.1) is 0 Å². The molecular weight excluding hydrogens is 242 g/mol. The Balaban J connectivity index is 1.72. The van der Waals surface area contributed by atoms with Crippen LogP contribution >= 0.6 is 0 Å². The lowest BCUT2D eigenvalue weighted by Crippen LogP contribution is -2.20. The number of hydrogen-bond acceptors (Lipinski definition) is 5. The molecule has 6 heteroatoms. The number of ether oxygens (including phenoxy) is 1. The third kappa shape index (κ3) is 2.73. The Hall–Kier alpha value is -1.95. The third-order valence-electron chi connectivity index (χ3n) is 3.26. The van der Waals surface area contributed by atoms with Crippen molar-refractivity contribution in [3.05, 3.63) is 29.8 Å². The molecule has 19 heavy (non-hydrogen) atoms. The van der Waals surface area contributed by atoms with Gasteiger partial charge in [-0.1, -0.05) is 22.8 Å². The van der Waals surface area contributed by atoms with Crippen molar-refractivity contribution in [1.82, 2.24) is 20.2 Å². The van der Waals surface area contributed by atoms with Crippen molar-refractivity contribution in [3.63, 3.8) is 0 Å². The minimum Gasteiger partial charge on any atom is -0.376 e. The van der Waals surface area contributed by atoms with E-state index in [0.29, 0.717) is 5.95 Å². The number of aryl methyl sites for hydroxylation is 1. The summed E-state index contributed by atoms with van der Waals surface area (Å²) < 4.78 is 7.27. The van der Waals surface area contributed by atoms with E-state index in [-0.39, 0.29) is 6.10 Å². The zero-order chi connectivity index (χ0) is 13.1. The number of tetrazole rings is 1. The van der Waals surface area contributed by atoms with Gasteiger partial charge in [-0.3, -0.25) is 0 Å². The molecule has 2 aromatic rings. The molecular formula is C13H17N5O. The summed E-state index contributed by atoms with van der Waals surface area (Å²) in [6.07, 6.45) is 2.50. The van der Waals surface area contributed by atoms with Gasteiger partial charge < -0.3 is 10.1 Å². The summed E-state index contributed by atoms with van der Waals surface area (Å²) in [6.45, 7) is 3.65. The zero-order valence-corrected chi connectivity index (χ0v) is 10.9. The Morgan fingerprint density at radius 3 is 2.95 bits per heavy atom. The number of benzene rings is 1. The lowest BCUT2D eigenvalue weighted by molar-refractivity contribution is 0.120. The predicted molar refractivity (Wildman–Crippen MR) is 71.4 cm³/mol. The van der Waals surface area contributed by atoms with E-state index in [1.54, 1.807) is 4.68 Å². The smallest absolute Gasteiger partial charge is 0.247 e. The van der Waals surface area contributed by atoms with Crippen LogP contribution in [0.15, 0.2) is 24.3 Å². The van der Waals surface area contributed by atoms with Crippen molar-refractivity contribution in [2.24, 2.45) is 0 Å². The van der Waals surface area contributed by atoms with Crippen LogP contribution in [-0.2, 0) is 4.74 Å². The van der Waals surface area contributed by atoms with E-state index in [1.165, 1.54) is 5.56 Å². The number of anilines is 1. The van der Waals surface area contributed by atoms with Crippen LogP contribution in [0.1, 0.15) is 18.4 Å². The van der Waals surface area contributed by atoms with Gasteiger partial charge in [-0.2, -0.15) is 4.68 Å². The van der Waals surface area contributed by atoms with Crippen LogP contribution in [0.25, 0.3) is 5.69 Å². The first-order valence-corrected chi connectivity index (χ1v) is 6.54. The predicted octanol–water partition coefficient (Wildman–Crippen LogP) is 1.56. The molecule has 0 aliphatic carbocycles. The summed E-state index contributed by atoms with van der Waals surface area (Å²) in [5.74, 6) is 0.652. The molecule has 1 aliphatic heterocycles. The second-order valence-electron chi connectivity index (χ2n) is 4.77. The van der Waals surface area contributed by atoms with E-state index in [0.717, 1.165) is 31.7 Å². The fourth-order valence-corrected chi connectivity index (χ4v) is 2.17. The summed E-state index contributed by atoms with van der Waals surface area (Å²) in [7, 11) is 0. The maximum atomic E-state index is 5.57. The largest absolute Gasteiger partial charge is 0.376 e. The average molecular weight is 259 g/mol. The summed E-state index contributed by atoms with van der Waals surface area (Å²) in [5.41, 5.74) is 2.16. The molecule has 1 saturated heterocycles. The van der Waals surface area contributed by atoms with E-state index in [4.69, 9.17) is 4.74 Å². The molecule has 6 nitrogen and oxygen atoms in total. The molecule has 100 valence electrons. The fraction of sp³-hybridized carbons (Fsp3) is 0.462. The molecule has 0 bridgehead atoms. The Bertz CT molecular complexity index is 530. The first-order valence-electron chi connectivity index (χ1n) is 6.54. The van der Waals surface area contributed by atoms with Crippen molar-refractivity contribution in [2.75, 3.05) is 18.5 Å². The first-order chi connectivity index (χ1) is 9.33. The maximum Gasteiger partial charge on any atom is 0.247 e. The monoisotopic (exact) mass is 259 g/mol. The van der Waals surface area contributed by atoms with Crippen LogP contribution < -0.4 is 5.32 Å². The van der Waals surface area contributed by atoms with Crippen molar-refractivity contribution >= 4 is 5.95 Å². The molecule has 0 saturated carbocycles. The van der Waals surface area contributed by atoms with Crippen molar-refractivity contribution in [1.29, 1.82) is 0 Å². The molecule has 1 aliphatic rings. The van der Waals surface area contributed by atoms with Crippen LogP contribution in [0.3, 0.4) is 0 Å². The summed E-state index contributed by atoms with van der Waals surface area (Å²) in [6, 6.07) is 8.09. The van der Waals surface area contributed by atoms with Crippen LogP contribution in [0.2, 0.25) is 0 Å². The highest BCUT2D eigenvalue weighted by molar-refractivity contribution is 5.39. The minimum absolute atomic E-state index is 0.267. The van der Waals surface area contributed by atoms with Gasteiger partial charge in [0.1, 0.15) is 0 Å². The molecule has 1 aromatic heterocycles. The van der Waals surface area contributed by atoms with Gasteiger partial charge in [0.2, 0.25) is 5.95 Å². The minimum atomic E-state index is 0.267. The highest BCUT2D eigenvalue weighted by atomic mass is 16.5. The van der Waals surface area contributed by atoms with Gasteiger partial charge in [0, 0.05) is 13.2 Å². The van der Waals surface area contributed by atoms with E-state index >= 15 is 0 Å². The standard InChI is InChI=1S/C13H17N5O/c1-10-4-6-11(7-5-10)18-13(15-16-17-18)14-9-12-3-2-8-19-12/h4-7,12H,2-3,8-9H2,1H3,(H,14,15,17)/t12-/m0/s1. The lowest BCUT2D eigenvalue weighted by Gasteiger charge is -2.11.